The normalized spacial score (nSPS) is 12.0. The monoisotopic (exact) mass is 517 g/mol. The van der Waals surface area contributed by atoms with Crippen molar-refractivity contribution in [1.29, 1.82) is 0 Å². The molecule has 0 saturated heterocycles. The van der Waals surface area contributed by atoms with Crippen molar-refractivity contribution >= 4 is 27.5 Å². The Kier molecular flexibility index (Phi) is 11.2. The highest BCUT2D eigenvalue weighted by Gasteiger charge is 2.29. The third kappa shape index (κ3) is 8.26. The highest BCUT2D eigenvalue weighted by molar-refractivity contribution is 7.92. The van der Waals surface area contributed by atoms with Gasteiger partial charge in [0.05, 0.1) is 19.1 Å². The van der Waals surface area contributed by atoms with Gasteiger partial charge < -0.3 is 15.0 Å². The first kappa shape index (κ1) is 29.2. The van der Waals surface area contributed by atoms with Crippen molar-refractivity contribution in [3.8, 4) is 5.75 Å². The Morgan fingerprint density at radius 1 is 1.06 bits per heavy atom. The summed E-state index contributed by atoms with van der Waals surface area (Å²) < 4.78 is 31.4. The van der Waals surface area contributed by atoms with Crippen LogP contribution in [0.2, 0.25) is 0 Å². The minimum Gasteiger partial charge on any atom is -0.497 e. The summed E-state index contributed by atoms with van der Waals surface area (Å²) in [6.45, 7) is 6.87. The van der Waals surface area contributed by atoms with Crippen LogP contribution in [0.3, 0.4) is 0 Å². The summed E-state index contributed by atoms with van der Waals surface area (Å²) in [5.41, 5.74) is 2.53. The highest BCUT2D eigenvalue weighted by Crippen LogP contribution is 2.23. The van der Waals surface area contributed by atoms with Crippen LogP contribution in [0, 0.1) is 6.92 Å². The number of carbonyl (C=O) groups is 2. The summed E-state index contributed by atoms with van der Waals surface area (Å²) in [5, 5.41) is 2.91. The summed E-state index contributed by atoms with van der Waals surface area (Å²) in [7, 11) is -2.01. The number of aryl methyl sites for hydroxylation is 1. The van der Waals surface area contributed by atoms with Gasteiger partial charge in [0.15, 0.2) is 0 Å². The summed E-state index contributed by atoms with van der Waals surface area (Å²) in [6.07, 6.45) is 2.87. The first-order valence-electron chi connectivity index (χ1n) is 12.4. The van der Waals surface area contributed by atoms with Crippen molar-refractivity contribution in [3.63, 3.8) is 0 Å². The van der Waals surface area contributed by atoms with Crippen LogP contribution in [0.1, 0.15) is 50.7 Å². The Balaban J connectivity index is 2.20. The number of sulfonamides is 1. The summed E-state index contributed by atoms with van der Waals surface area (Å²) in [5.74, 6) is 0.276. The molecule has 0 aliphatic carbocycles. The van der Waals surface area contributed by atoms with Crippen LogP contribution in [0.15, 0.2) is 48.5 Å². The van der Waals surface area contributed by atoms with Crippen LogP contribution >= 0.6 is 0 Å². The minimum atomic E-state index is -3.55. The number of benzene rings is 2. The third-order valence-electron chi connectivity index (χ3n) is 6.05. The average Bonchev–Trinajstić information content (AvgIpc) is 2.85. The molecule has 36 heavy (non-hydrogen) atoms. The highest BCUT2D eigenvalue weighted by atomic mass is 32.2. The Labute approximate surface area is 215 Å². The first-order chi connectivity index (χ1) is 17.1. The fraction of sp³-hybridized carbons (Fsp3) is 0.481. The quantitative estimate of drug-likeness (QED) is 0.410. The predicted octanol–water partition coefficient (Wildman–Crippen LogP) is 3.88. The van der Waals surface area contributed by atoms with E-state index in [1.54, 1.807) is 36.3 Å². The molecule has 0 aliphatic heterocycles. The Bertz CT molecular complexity index is 1100. The van der Waals surface area contributed by atoms with Crippen molar-refractivity contribution in [2.75, 3.05) is 30.8 Å². The lowest BCUT2D eigenvalue weighted by molar-refractivity contribution is -0.141. The zero-order valence-corrected chi connectivity index (χ0v) is 22.8. The predicted molar refractivity (Wildman–Crippen MR) is 144 cm³/mol. The van der Waals surface area contributed by atoms with Gasteiger partial charge in [-0.05, 0) is 61.6 Å². The maximum Gasteiger partial charge on any atom is 0.242 e. The average molecular weight is 518 g/mol. The van der Waals surface area contributed by atoms with E-state index in [0.29, 0.717) is 37.4 Å². The van der Waals surface area contributed by atoms with E-state index in [1.165, 1.54) is 4.31 Å². The number of methoxy groups -OCH3 is 1. The van der Waals surface area contributed by atoms with E-state index in [-0.39, 0.29) is 24.8 Å². The molecule has 198 valence electrons. The number of hydrogen-bond acceptors (Lipinski definition) is 5. The van der Waals surface area contributed by atoms with E-state index in [4.69, 9.17) is 4.74 Å². The molecule has 0 saturated carbocycles. The molecule has 8 nitrogen and oxygen atoms in total. The fourth-order valence-electron chi connectivity index (χ4n) is 4.01. The Morgan fingerprint density at radius 3 is 2.28 bits per heavy atom. The van der Waals surface area contributed by atoms with E-state index in [9.17, 15) is 18.0 Å². The van der Waals surface area contributed by atoms with Crippen LogP contribution in [0.25, 0.3) is 0 Å². The number of amides is 2. The van der Waals surface area contributed by atoms with Gasteiger partial charge in [-0.3, -0.25) is 13.9 Å². The van der Waals surface area contributed by atoms with Gasteiger partial charge >= 0.3 is 0 Å². The largest absolute Gasteiger partial charge is 0.497 e. The molecule has 0 aromatic heterocycles. The molecule has 9 heteroatoms. The zero-order valence-electron chi connectivity index (χ0n) is 22.0. The molecular formula is C27H39N3O5S. The lowest BCUT2D eigenvalue weighted by Gasteiger charge is -2.31. The number of nitrogens with one attached hydrogen (secondary N) is 1. The molecule has 2 rings (SSSR count). The second-order valence-electron chi connectivity index (χ2n) is 8.80. The standard InChI is InChI=1S/C27H39N3O5S/c1-6-18-28-27(32)25(7-2)29(20-22-12-9-8-11-21(22)3)26(31)13-10-19-30(36(5,33)34)23-14-16-24(35-4)17-15-23/h8-9,11-12,14-17,25H,6-7,10,13,18-20H2,1-5H3,(H,28,32)/t25-/m1/s1. The van der Waals surface area contributed by atoms with Crippen molar-refractivity contribution in [2.24, 2.45) is 0 Å². The van der Waals surface area contributed by atoms with Crippen molar-refractivity contribution < 1.29 is 22.7 Å². The van der Waals surface area contributed by atoms with Crippen molar-refractivity contribution in [3.05, 3.63) is 59.7 Å². The van der Waals surface area contributed by atoms with E-state index in [0.717, 1.165) is 23.8 Å². The fourth-order valence-corrected chi connectivity index (χ4v) is 4.97. The lowest BCUT2D eigenvalue weighted by Crippen LogP contribution is -2.49. The van der Waals surface area contributed by atoms with Crippen LogP contribution in [0.4, 0.5) is 5.69 Å². The molecule has 0 radical (unpaired) electrons. The molecule has 1 N–H and O–H groups in total. The number of carbonyl (C=O) groups excluding carboxylic acids is 2. The van der Waals surface area contributed by atoms with Gasteiger partial charge in [0.25, 0.3) is 0 Å². The van der Waals surface area contributed by atoms with Gasteiger partial charge in [-0.1, -0.05) is 38.1 Å². The second-order valence-corrected chi connectivity index (χ2v) is 10.7. The number of ether oxygens (including phenoxy) is 1. The van der Waals surface area contributed by atoms with Gasteiger partial charge in [-0.2, -0.15) is 0 Å². The number of hydrogen-bond donors (Lipinski definition) is 1. The van der Waals surface area contributed by atoms with Crippen LogP contribution in [0.5, 0.6) is 5.75 Å². The molecule has 0 aliphatic rings. The number of anilines is 1. The van der Waals surface area contributed by atoms with Gasteiger partial charge in [0, 0.05) is 26.1 Å². The van der Waals surface area contributed by atoms with Gasteiger partial charge in [-0.25, -0.2) is 8.42 Å². The number of nitrogens with zero attached hydrogens (tertiary/aromatic N) is 2. The molecule has 0 unspecified atom stereocenters. The smallest absolute Gasteiger partial charge is 0.242 e. The molecule has 0 heterocycles. The van der Waals surface area contributed by atoms with Crippen molar-refractivity contribution in [2.45, 2.75) is 59.0 Å². The SMILES string of the molecule is CCCNC(=O)[C@@H](CC)N(Cc1ccccc1C)C(=O)CCCN(c1ccc(OC)cc1)S(C)(=O)=O. The molecule has 2 amide bonds. The number of rotatable bonds is 14. The molecule has 0 spiro atoms. The maximum absolute atomic E-state index is 13.5. The summed E-state index contributed by atoms with van der Waals surface area (Å²) in [6, 6.07) is 13.9. The second kappa shape index (κ2) is 13.9. The topological polar surface area (TPSA) is 96.0 Å². The molecule has 0 fully saturated rings. The molecular weight excluding hydrogens is 478 g/mol. The van der Waals surface area contributed by atoms with Crippen LogP contribution in [-0.4, -0.2) is 57.6 Å². The van der Waals surface area contributed by atoms with Crippen LogP contribution in [-0.2, 0) is 26.2 Å². The lowest BCUT2D eigenvalue weighted by atomic mass is 10.1. The molecule has 2 aromatic rings. The van der Waals surface area contributed by atoms with Gasteiger partial charge in [0.1, 0.15) is 11.8 Å². The molecule has 0 bridgehead atoms. The van der Waals surface area contributed by atoms with E-state index in [1.807, 2.05) is 45.0 Å². The van der Waals surface area contributed by atoms with Gasteiger partial charge in [-0.15, -0.1) is 0 Å². The first-order valence-corrected chi connectivity index (χ1v) is 14.2. The Hall–Kier alpha value is -3.07. The van der Waals surface area contributed by atoms with E-state index < -0.39 is 16.1 Å². The van der Waals surface area contributed by atoms with Crippen LogP contribution < -0.4 is 14.4 Å². The Morgan fingerprint density at radius 2 is 1.72 bits per heavy atom. The molecule has 1 atom stereocenters. The third-order valence-corrected chi connectivity index (χ3v) is 7.24. The summed E-state index contributed by atoms with van der Waals surface area (Å²) >= 11 is 0. The minimum absolute atomic E-state index is 0.117. The maximum atomic E-state index is 13.5. The zero-order chi connectivity index (χ0) is 26.7. The van der Waals surface area contributed by atoms with Crippen molar-refractivity contribution in [1.82, 2.24) is 10.2 Å². The van der Waals surface area contributed by atoms with Gasteiger partial charge in [0.2, 0.25) is 21.8 Å². The van der Waals surface area contributed by atoms with E-state index in [2.05, 4.69) is 5.32 Å². The summed E-state index contributed by atoms with van der Waals surface area (Å²) in [4.78, 5) is 28.0. The van der Waals surface area contributed by atoms with E-state index >= 15 is 0 Å². The molecule has 2 aromatic carbocycles.